The van der Waals surface area contributed by atoms with Gasteiger partial charge in [0.2, 0.25) is 0 Å². The van der Waals surface area contributed by atoms with E-state index in [0.717, 1.165) is 0 Å². The second kappa shape index (κ2) is 4.48. The zero-order valence-electron chi connectivity index (χ0n) is 8.51. The fourth-order valence-corrected chi connectivity index (χ4v) is 1.30. The molecule has 0 aliphatic rings. The Hall–Kier alpha value is -2.30. The van der Waals surface area contributed by atoms with Gasteiger partial charge >= 0.3 is 0 Å². The van der Waals surface area contributed by atoms with Crippen molar-refractivity contribution in [3.05, 3.63) is 47.9 Å². The molecule has 0 aliphatic carbocycles. The minimum atomic E-state index is -0.221. The van der Waals surface area contributed by atoms with Crippen LogP contribution in [0.15, 0.2) is 41.1 Å². The quantitative estimate of drug-likeness (QED) is 0.756. The van der Waals surface area contributed by atoms with Gasteiger partial charge in [-0.15, -0.1) is 0 Å². The van der Waals surface area contributed by atoms with Crippen LogP contribution < -0.4 is 11.1 Å². The Morgan fingerprint density at radius 2 is 2.19 bits per heavy atom. The van der Waals surface area contributed by atoms with Crippen LogP contribution in [-0.2, 0) is 6.54 Å². The van der Waals surface area contributed by atoms with E-state index in [2.05, 4.69) is 15.0 Å². The van der Waals surface area contributed by atoms with Gasteiger partial charge in [-0.2, -0.15) is 0 Å². The van der Waals surface area contributed by atoms with Gasteiger partial charge in [-0.1, -0.05) is 17.3 Å². The number of anilines is 1. The molecule has 5 heteroatoms. The van der Waals surface area contributed by atoms with Gasteiger partial charge < -0.3 is 15.6 Å². The van der Waals surface area contributed by atoms with Crippen LogP contribution in [0.25, 0.3) is 0 Å². The number of aromatic nitrogens is 1. The molecule has 82 valence electrons. The fourth-order valence-electron chi connectivity index (χ4n) is 1.30. The van der Waals surface area contributed by atoms with E-state index in [1.54, 1.807) is 30.3 Å². The minimum Gasteiger partial charge on any atom is -0.398 e. The Morgan fingerprint density at radius 1 is 1.38 bits per heavy atom. The van der Waals surface area contributed by atoms with Crippen molar-refractivity contribution in [2.75, 3.05) is 5.73 Å². The molecule has 0 unspecified atom stereocenters. The molecule has 0 saturated carbocycles. The first-order valence-electron chi connectivity index (χ1n) is 4.79. The number of benzene rings is 1. The molecule has 0 atom stereocenters. The number of nitrogens with zero attached hydrogens (tertiary/aromatic N) is 1. The summed E-state index contributed by atoms with van der Waals surface area (Å²) in [6, 6.07) is 8.60. The maximum Gasteiger partial charge on any atom is 0.253 e. The van der Waals surface area contributed by atoms with Crippen molar-refractivity contribution in [2.24, 2.45) is 0 Å². The van der Waals surface area contributed by atoms with Gasteiger partial charge in [0, 0.05) is 11.8 Å². The number of nitrogen functional groups attached to an aromatic ring is 1. The van der Waals surface area contributed by atoms with E-state index < -0.39 is 0 Å². The van der Waals surface area contributed by atoms with Gasteiger partial charge in [0.05, 0.1) is 12.1 Å². The van der Waals surface area contributed by atoms with Crippen molar-refractivity contribution in [3.63, 3.8) is 0 Å². The minimum absolute atomic E-state index is 0.221. The van der Waals surface area contributed by atoms with Gasteiger partial charge in [0.15, 0.2) is 0 Å². The molecular weight excluding hydrogens is 206 g/mol. The van der Waals surface area contributed by atoms with Crippen LogP contribution in [0.3, 0.4) is 0 Å². The zero-order valence-corrected chi connectivity index (χ0v) is 8.51. The highest BCUT2D eigenvalue weighted by Gasteiger charge is 2.08. The van der Waals surface area contributed by atoms with E-state index in [4.69, 9.17) is 5.73 Å². The summed E-state index contributed by atoms with van der Waals surface area (Å²) in [6.07, 6.45) is 1.46. The summed E-state index contributed by atoms with van der Waals surface area (Å²) >= 11 is 0. The van der Waals surface area contributed by atoms with Crippen LogP contribution in [0.1, 0.15) is 16.1 Å². The number of hydrogen-bond acceptors (Lipinski definition) is 4. The molecule has 1 aromatic heterocycles. The number of carbonyl (C=O) groups is 1. The molecule has 2 aromatic rings. The summed E-state index contributed by atoms with van der Waals surface area (Å²) in [4.78, 5) is 11.7. The van der Waals surface area contributed by atoms with Gasteiger partial charge in [0.1, 0.15) is 12.0 Å². The maximum atomic E-state index is 11.7. The third kappa shape index (κ3) is 2.20. The Labute approximate surface area is 92.2 Å². The van der Waals surface area contributed by atoms with Gasteiger partial charge in [-0.25, -0.2) is 0 Å². The molecule has 0 fully saturated rings. The van der Waals surface area contributed by atoms with Crippen molar-refractivity contribution in [3.8, 4) is 0 Å². The van der Waals surface area contributed by atoms with Crippen molar-refractivity contribution in [1.29, 1.82) is 0 Å². The predicted molar refractivity (Wildman–Crippen MR) is 58.5 cm³/mol. The molecule has 2 rings (SSSR count). The topological polar surface area (TPSA) is 81.2 Å². The van der Waals surface area contributed by atoms with Gasteiger partial charge in [-0.05, 0) is 12.1 Å². The first-order chi connectivity index (χ1) is 7.77. The second-order valence-electron chi connectivity index (χ2n) is 3.26. The van der Waals surface area contributed by atoms with Crippen molar-refractivity contribution < 1.29 is 9.32 Å². The molecule has 0 saturated heterocycles. The lowest BCUT2D eigenvalue weighted by molar-refractivity contribution is 0.0951. The highest BCUT2D eigenvalue weighted by atomic mass is 16.5. The average Bonchev–Trinajstić information content (AvgIpc) is 2.79. The monoisotopic (exact) mass is 217 g/mol. The first-order valence-corrected chi connectivity index (χ1v) is 4.79. The van der Waals surface area contributed by atoms with Crippen molar-refractivity contribution >= 4 is 11.6 Å². The van der Waals surface area contributed by atoms with Crippen LogP contribution in [0, 0.1) is 0 Å². The number of hydrogen-bond donors (Lipinski definition) is 2. The summed E-state index contributed by atoms with van der Waals surface area (Å²) in [6.45, 7) is 0.323. The summed E-state index contributed by atoms with van der Waals surface area (Å²) in [5.41, 5.74) is 7.27. The smallest absolute Gasteiger partial charge is 0.253 e. The Morgan fingerprint density at radius 3 is 2.88 bits per heavy atom. The second-order valence-corrected chi connectivity index (χ2v) is 3.26. The Kier molecular flexibility index (Phi) is 2.86. The van der Waals surface area contributed by atoms with Crippen LogP contribution in [0.4, 0.5) is 5.69 Å². The lowest BCUT2D eigenvalue weighted by Crippen LogP contribution is -2.23. The molecule has 0 radical (unpaired) electrons. The Balaban J connectivity index is 2.01. The van der Waals surface area contributed by atoms with Gasteiger partial charge in [0.25, 0.3) is 5.91 Å². The van der Waals surface area contributed by atoms with Crippen LogP contribution in [0.2, 0.25) is 0 Å². The van der Waals surface area contributed by atoms with E-state index in [9.17, 15) is 4.79 Å². The van der Waals surface area contributed by atoms with E-state index >= 15 is 0 Å². The molecule has 1 aromatic carbocycles. The van der Waals surface area contributed by atoms with E-state index in [1.807, 2.05) is 0 Å². The lowest BCUT2D eigenvalue weighted by atomic mass is 10.1. The van der Waals surface area contributed by atoms with E-state index in [-0.39, 0.29) is 5.91 Å². The van der Waals surface area contributed by atoms with Crippen LogP contribution in [0.5, 0.6) is 0 Å². The normalized spacial score (nSPS) is 10.0. The predicted octanol–water partition coefficient (Wildman–Crippen LogP) is 1.19. The summed E-state index contributed by atoms with van der Waals surface area (Å²) in [5.74, 6) is -0.221. The molecule has 3 N–H and O–H groups in total. The van der Waals surface area contributed by atoms with Crippen molar-refractivity contribution in [2.45, 2.75) is 6.54 Å². The number of nitrogens with one attached hydrogen (secondary N) is 1. The third-order valence-electron chi connectivity index (χ3n) is 2.13. The fraction of sp³-hybridized carbons (Fsp3) is 0.0909. The number of para-hydroxylation sites is 1. The van der Waals surface area contributed by atoms with E-state index in [0.29, 0.717) is 23.5 Å². The third-order valence-corrected chi connectivity index (χ3v) is 2.13. The molecule has 5 nitrogen and oxygen atoms in total. The standard InChI is InChI=1S/C11H11N3O2/c12-10-4-2-1-3-9(10)11(15)13-7-8-5-6-16-14-8/h1-6H,7,12H2,(H,13,15). The highest BCUT2D eigenvalue weighted by Crippen LogP contribution is 2.10. The summed E-state index contributed by atoms with van der Waals surface area (Å²) in [5, 5.41) is 6.38. The number of rotatable bonds is 3. The molecule has 1 amide bonds. The molecule has 0 aliphatic heterocycles. The highest BCUT2D eigenvalue weighted by molar-refractivity contribution is 5.98. The maximum absolute atomic E-state index is 11.7. The SMILES string of the molecule is Nc1ccccc1C(=O)NCc1ccon1. The van der Waals surface area contributed by atoms with Crippen LogP contribution >= 0.6 is 0 Å². The number of amides is 1. The van der Waals surface area contributed by atoms with E-state index in [1.165, 1.54) is 6.26 Å². The lowest BCUT2D eigenvalue weighted by Gasteiger charge is -2.05. The first kappa shape index (κ1) is 10.2. The number of nitrogens with two attached hydrogens (primary N) is 1. The zero-order chi connectivity index (χ0) is 11.4. The van der Waals surface area contributed by atoms with Crippen molar-refractivity contribution in [1.82, 2.24) is 10.5 Å². The summed E-state index contributed by atoms with van der Waals surface area (Å²) in [7, 11) is 0. The Bertz CT molecular complexity index is 480. The average molecular weight is 217 g/mol. The summed E-state index contributed by atoms with van der Waals surface area (Å²) < 4.78 is 4.65. The molecule has 0 bridgehead atoms. The van der Waals surface area contributed by atoms with Crippen LogP contribution in [-0.4, -0.2) is 11.1 Å². The largest absolute Gasteiger partial charge is 0.398 e. The molecule has 16 heavy (non-hydrogen) atoms. The number of carbonyl (C=O) groups excluding carboxylic acids is 1. The molecule has 1 heterocycles. The van der Waals surface area contributed by atoms with Gasteiger partial charge in [-0.3, -0.25) is 4.79 Å². The molecular formula is C11H11N3O2. The molecule has 0 spiro atoms.